The van der Waals surface area contributed by atoms with Crippen LogP contribution in [-0.4, -0.2) is 0 Å². The van der Waals surface area contributed by atoms with E-state index in [4.69, 9.17) is 10.6 Å². The van der Waals surface area contributed by atoms with E-state index in [1.54, 1.807) is 0 Å². The van der Waals surface area contributed by atoms with Crippen molar-refractivity contribution in [1.82, 2.24) is 0 Å². The molecule has 4 aromatic carbocycles. The second kappa shape index (κ2) is 18.6. The van der Waals surface area contributed by atoms with E-state index < -0.39 is 0 Å². The van der Waals surface area contributed by atoms with Crippen LogP contribution in [0.2, 0.25) is 0 Å². The van der Waals surface area contributed by atoms with Gasteiger partial charge < -0.3 is 10.6 Å². The quantitative estimate of drug-likeness (QED) is 0.204. The van der Waals surface area contributed by atoms with Gasteiger partial charge in [0.05, 0.1) is 0 Å². The van der Waals surface area contributed by atoms with Crippen molar-refractivity contribution in [3.63, 3.8) is 0 Å². The molecule has 2 nitrogen and oxygen atoms in total. The Morgan fingerprint density at radius 2 is 0.564 bits per heavy atom. The molecule has 0 amide bonds. The Morgan fingerprint density at radius 3 is 0.821 bits per heavy atom. The summed E-state index contributed by atoms with van der Waals surface area (Å²) < 4.78 is 0. The first-order chi connectivity index (χ1) is 18.9. The minimum atomic E-state index is -0.119. The van der Waals surface area contributed by atoms with Crippen molar-refractivity contribution in [2.45, 2.75) is 76.3 Å². The van der Waals surface area contributed by atoms with Crippen molar-refractivity contribution in [1.29, 1.82) is 0 Å². The number of rotatable bonds is 7. The van der Waals surface area contributed by atoms with E-state index in [1.165, 1.54) is 64.2 Å². The molecule has 198 valence electrons. The van der Waals surface area contributed by atoms with Gasteiger partial charge in [-0.3, -0.25) is 0 Å². The van der Waals surface area contributed by atoms with Crippen LogP contribution in [0.3, 0.4) is 0 Å². The fourth-order valence-electron chi connectivity index (χ4n) is 5.07. The fourth-order valence-corrected chi connectivity index (χ4v) is 5.07. The van der Waals surface area contributed by atoms with Gasteiger partial charge in [0.1, 0.15) is 0 Å². The van der Waals surface area contributed by atoms with E-state index in [2.05, 4.69) is 48.5 Å². The van der Waals surface area contributed by atoms with E-state index in [-0.39, 0.29) is 38.3 Å². The van der Waals surface area contributed by atoms with Crippen molar-refractivity contribution in [2.24, 2.45) is 0 Å². The summed E-state index contributed by atoms with van der Waals surface area (Å²) >= 11 is 0. The molecule has 2 aliphatic rings. The maximum absolute atomic E-state index is 5.11. The average Bonchev–Trinajstić information content (AvgIpc) is 3.77. The molecule has 2 atom stereocenters. The Hall–Kier alpha value is -2.64. The van der Waals surface area contributed by atoms with E-state index in [1.807, 2.05) is 72.8 Å². The maximum Gasteiger partial charge on any atom is 4.00 e. The standard InChI is InChI=1S/C26H22N2.2C5H10.Zr/c1-5-13-21(14-6-1)25(27-23-17-9-3-10-18-23)26(22-15-7-2-8-16-22)28-24-19-11-4-12-20-24;2*1-2-4-5-3-1;/h1-20,25-26H;2*1-5H2;/q-2;;;+4/t25-,26-;;;/m0.../s1. The molecule has 6 rings (SSSR count). The molecule has 4 aromatic rings. The van der Waals surface area contributed by atoms with Gasteiger partial charge in [0, 0.05) is 0 Å². The Bertz CT molecular complexity index is 1000. The molecule has 2 saturated carbocycles. The molecule has 0 radical (unpaired) electrons. The molecule has 2 aliphatic carbocycles. The number of hydrogen-bond donors (Lipinski definition) is 0. The first-order valence-corrected chi connectivity index (χ1v) is 14.5. The number of nitrogens with zero attached hydrogens (tertiary/aromatic N) is 2. The number of para-hydroxylation sites is 2. The van der Waals surface area contributed by atoms with Crippen LogP contribution in [0.15, 0.2) is 121 Å². The van der Waals surface area contributed by atoms with Crippen LogP contribution in [0, 0.1) is 0 Å². The monoisotopic (exact) mass is 592 g/mol. The van der Waals surface area contributed by atoms with Gasteiger partial charge in [-0.2, -0.15) is 0 Å². The Labute approximate surface area is 255 Å². The summed E-state index contributed by atoms with van der Waals surface area (Å²) in [5.41, 5.74) is 4.22. The van der Waals surface area contributed by atoms with Crippen LogP contribution in [0.1, 0.15) is 87.4 Å². The first kappa shape index (κ1) is 30.9. The Morgan fingerprint density at radius 1 is 0.333 bits per heavy atom. The predicted molar refractivity (Wildman–Crippen MR) is 163 cm³/mol. The zero-order valence-electron chi connectivity index (χ0n) is 23.2. The largest absolute Gasteiger partial charge is 4.00 e. The summed E-state index contributed by atoms with van der Waals surface area (Å²) in [6, 6.07) is 40.9. The van der Waals surface area contributed by atoms with Gasteiger partial charge in [0.15, 0.2) is 0 Å². The second-order valence-corrected chi connectivity index (χ2v) is 10.2. The second-order valence-electron chi connectivity index (χ2n) is 10.2. The van der Waals surface area contributed by atoms with Gasteiger partial charge in [0.25, 0.3) is 0 Å². The van der Waals surface area contributed by atoms with Crippen LogP contribution in [0.25, 0.3) is 10.6 Å². The summed E-state index contributed by atoms with van der Waals surface area (Å²) in [6.07, 6.45) is 15.0. The molecule has 3 heteroatoms. The minimum absolute atomic E-state index is 0. The summed E-state index contributed by atoms with van der Waals surface area (Å²) in [4.78, 5) is 0. The topological polar surface area (TPSA) is 28.2 Å². The van der Waals surface area contributed by atoms with Crippen LogP contribution in [0.5, 0.6) is 0 Å². The summed E-state index contributed by atoms with van der Waals surface area (Å²) in [7, 11) is 0. The molecule has 0 bridgehead atoms. The van der Waals surface area contributed by atoms with Gasteiger partial charge >= 0.3 is 26.2 Å². The third-order valence-corrected chi connectivity index (χ3v) is 7.17. The van der Waals surface area contributed by atoms with Gasteiger partial charge in [0.2, 0.25) is 0 Å². The zero-order chi connectivity index (χ0) is 26.1. The number of benzene rings is 4. The molecule has 0 spiro atoms. The summed E-state index contributed by atoms with van der Waals surface area (Å²) in [6.45, 7) is 0. The van der Waals surface area contributed by atoms with Crippen LogP contribution >= 0.6 is 0 Å². The van der Waals surface area contributed by atoms with E-state index in [9.17, 15) is 0 Å². The molecule has 0 aliphatic heterocycles. The predicted octanol–water partition coefficient (Wildman–Crippen LogP) is 11.8. The third-order valence-electron chi connectivity index (χ3n) is 7.17. The smallest absolute Gasteiger partial charge is 0.679 e. The maximum atomic E-state index is 5.11. The summed E-state index contributed by atoms with van der Waals surface area (Å²) in [5, 5.41) is 10.2. The molecule has 39 heavy (non-hydrogen) atoms. The summed E-state index contributed by atoms with van der Waals surface area (Å²) in [5.74, 6) is 0. The van der Waals surface area contributed by atoms with Gasteiger partial charge in [-0.1, -0.05) is 197 Å². The average molecular weight is 594 g/mol. The van der Waals surface area contributed by atoms with E-state index >= 15 is 0 Å². The van der Waals surface area contributed by atoms with Crippen molar-refractivity contribution in [3.05, 3.63) is 143 Å². The Kier molecular flexibility index (Phi) is 14.7. The van der Waals surface area contributed by atoms with Crippen molar-refractivity contribution < 1.29 is 26.2 Å². The van der Waals surface area contributed by atoms with Crippen molar-refractivity contribution in [3.8, 4) is 0 Å². The molecular formula is C36H42N2Zr+2. The van der Waals surface area contributed by atoms with Crippen molar-refractivity contribution >= 4 is 11.4 Å². The molecule has 2 fully saturated rings. The van der Waals surface area contributed by atoms with Crippen LogP contribution in [0.4, 0.5) is 11.4 Å². The molecule has 0 N–H and O–H groups in total. The molecular weight excluding hydrogens is 552 g/mol. The van der Waals surface area contributed by atoms with Crippen molar-refractivity contribution in [2.75, 3.05) is 0 Å². The fraction of sp³-hybridized carbons (Fsp3) is 0.333. The van der Waals surface area contributed by atoms with Gasteiger partial charge in [-0.25, -0.2) is 0 Å². The van der Waals surface area contributed by atoms with E-state index in [0.717, 1.165) is 22.5 Å². The Balaban J connectivity index is 0.000000319. The molecule has 0 aromatic heterocycles. The molecule has 0 saturated heterocycles. The normalized spacial score (nSPS) is 15.3. The van der Waals surface area contributed by atoms with Gasteiger partial charge in [-0.05, 0) is 0 Å². The molecule has 0 heterocycles. The van der Waals surface area contributed by atoms with E-state index in [0.29, 0.717) is 0 Å². The minimum Gasteiger partial charge on any atom is -0.679 e. The molecule has 0 unspecified atom stereocenters. The SMILES string of the molecule is C1CCCC1.C1CCCC1.[Zr+4].c1ccc([N-][C@@H](c2ccccc2)[C@@H]([N-]c2ccccc2)c2ccccc2)cc1. The third kappa shape index (κ3) is 11.2. The van der Waals surface area contributed by atoms with Gasteiger partial charge in [-0.15, -0.1) is 23.5 Å². The number of hydrogen-bond acceptors (Lipinski definition) is 0. The first-order valence-electron chi connectivity index (χ1n) is 14.5. The van der Waals surface area contributed by atoms with Crippen LogP contribution < -0.4 is 0 Å². The van der Waals surface area contributed by atoms with Crippen LogP contribution in [-0.2, 0) is 26.2 Å². The zero-order valence-corrected chi connectivity index (χ0v) is 25.6.